The molecule has 0 aliphatic carbocycles. The van der Waals surface area contributed by atoms with Gasteiger partial charge in [-0.3, -0.25) is 0 Å². The number of rotatable bonds is 0. The average molecular weight is 197 g/mol. The van der Waals surface area contributed by atoms with Gasteiger partial charge in [0, 0.05) is 0 Å². The quantitative estimate of drug-likeness (QED) is 0.226. The Balaban J connectivity index is -0.0000000171. The van der Waals surface area contributed by atoms with Crippen LogP contribution in [0.15, 0.2) is 0 Å². The van der Waals surface area contributed by atoms with Gasteiger partial charge in [-0.2, -0.15) is 0 Å². The van der Waals surface area contributed by atoms with Crippen molar-refractivity contribution < 1.29 is 49.9 Å². The largest absolute Gasteiger partial charge is 2.00 e. The molecule has 0 rings (SSSR count). The number of hydrogen-bond acceptors (Lipinski definition) is 6. The molecule has 0 aromatic rings. The van der Waals surface area contributed by atoms with Gasteiger partial charge in [-0.1, -0.05) is 0 Å². The van der Waals surface area contributed by atoms with E-state index in [2.05, 4.69) is 0 Å². The molecule has 0 saturated carbocycles. The van der Waals surface area contributed by atoms with Crippen molar-refractivity contribution in [1.82, 2.24) is 0 Å². The van der Waals surface area contributed by atoms with Gasteiger partial charge in [0.15, 0.2) is 0 Å². The average Bonchev–Trinajstić information content (AvgIpc) is 1.25. The van der Waals surface area contributed by atoms with Gasteiger partial charge in [-0.05, 0) is 0 Å². The van der Waals surface area contributed by atoms with Crippen LogP contribution in [0.25, 0.3) is 0 Å². The van der Waals surface area contributed by atoms with Gasteiger partial charge in [0.25, 0.3) is 0 Å². The molecule has 0 atom stereocenters. The first-order chi connectivity index (χ1) is 3.46. The summed E-state index contributed by atoms with van der Waals surface area (Å²) in [5.41, 5.74) is 0. The van der Waals surface area contributed by atoms with E-state index in [-0.39, 0.29) is 39.8 Å². The van der Waals surface area contributed by atoms with Crippen molar-refractivity contribution in [2.75, 3.05) is 0 Å². The van der Waals surface area contributed by atoms with Crippen LogP contribution in [0.5, 0.6) is 0 Å². The summed E-state index contributed by atoms with van der Waals surface area (Å²) in [6.07, 6.45) is 0. The Labute approximate surface area is 80.8 Å². The van der Waals surface area contributed by atoms with Gasteiger partial charge in [0.1, 0.15) is 0 Å². The third kappa shape index (κ3) is 2320. The van der Waals surface area contributed by atoms with Gasteiger partial charge in [0.05, 0.1) is 10.2 Å². The van der Waals surface area contributed by atoms with Gasteiger partial charge in [-0.15, -0.1) is 0 Å². The fraction of sp³-hybridized carbons (Fsp3) is 0. The minimum atomic E-state index is -1.75. The second-order valence-corrected chi connectivity index (χ2v) is 0.447. The molecule has 0 N–H and O–H groups in total. The van der Waals surface area contributed by atoms with Crippen molar-refractivity contribution in [2.45, 2.75) is 0 Å². The molecule has 0 saturated heterocycles. The molecule has 0 bridgehead atoms. The molecule has 0 aromatic carbocycles. The first-order valence-electron chi connectivity index (χ1n) is 1.10. The second-order valence-electron chi connectivity index (χ2n) is 0.447. The summed E-state index contributed by atoms with van der Waals surface area (Å²) in [4.78, 5) is 16.5. The molecule has 0 aromatic heterocycles. The number of hydrogen-bond donors (Lipinski definition) is 0. The van der Waals surface area contributed by atoms with E-state index in [1.54, 1.807) is 0 Å². The van der Waals surface area contributed by atoms with E-state index < -0.39 is 10.2 Å². The van der Waals surface area contributed by atoms with Crippen molar-refractivity contribution in [2.24, 2.45) is 0 Å². The van der Waals surface area contributed by atoms with E-state index in [1.807, 2.05) is 0 Å². The molecule has 0 aliphatic rings. The van der Waals surface area contributed by atoms with E-state index in [9.17, 15) is 0 Å². The first kappa shape index (κ1) is 22.6. The zero-order chi connectivity index (χ0) is 7.15. The van der Waals surface area contributed by atoms with Crippen LogP contribution in [-0.2, 0) is 19.5 Å². The first-order valence-corrected chi connectivity index (χ1v) is 1.10. The molecule has 0 amide bonds. The molecule has 0 spiro atoms. The van der Waals surface area contributed by atoms with Gasteiger partial charge in [-0.25, -0.2) is 0 Å². The van der Waals surface area contributed by atoms with E-state index in [0.29, 0.717) is 0 Å². The predicted octanol–water partition coefficient (Wildman–Crippen LogP) is -3.36. The van der Waals surface area contributed by atoms with Gasteiger partial charge >= 0.3 is 38.3 Å². The van der Waals surface area contributed by atoms with Crippen LogP contribution >= 0.6 is 0 Å². The Kier molecular flexibility index (Phi) is 35.9. The Morgan fingerprint density at radius 1 is 0.900 bits per heavy atom. The molecule has 0 aliphatic heterocycles. The maximum Gasteiger partial charge on any atom is 2.00 e. The Hall–Kier alpha value is -0.379. The van der Waals surface area contributed by atoms with Crippen LogP contribution in [0.4, 0.5) is 0 Å². The van der Waals surface area contributed by atoms with Crippen LogP contribution in [0.2, 0.25) is 0 Å². The maximum atomic E-state index is 8.25. The van der Waals surface area contributed by atoms with Crippen molar-refractivity contribution >= 4 is 0 Å². The zero-order valence-electron chi connectivity index (χ0n) is 6.05. The fourth-order valence-corrected chi connectivity index (χ4v) is 0. The topological polar surface area (TPSA) is 132 Å². The molecule has 10 heteroatoms. The smallest absolute Gasteiger partial charge is 1.00 e. The van der Waals surface area contributed by atoms with E-state index in [4.69, 9.17) is 30.6 Å². The molecule has 0 radical (unpaired) electrons. The van der Waals surface area contributed by atoms with E-state index in [1.165, 1.54) is 0 Å². The third-order valence-electron chi connectivity index (χ3n) is 0. The minimum absolute atomic E-state index is 0. The zero-order valence-corrected chi connectivity index (χ0v) is 8.02. The van der Waals surface area contributed by atoms with Crippen LogP contribution in [0.3, 0.4) is 0 Å². The second kappa shape index (κ2) is 15.8. The van der Waals surface area contributed by atoms with Crippen LogP contribution in [0.1, 0.15) is 1.43 Å². The van der Waals surface area contributed by atoms with Crippen molar-refractivity contribution in [3.8, 4) is 0 Å². The SMILES string of the molecule is O=[N+]([O-])[O-].O=[N+]([O-])[O-].[H-].[Li+].[Zn+2]. The molecule has 50 valence electrons. The molecule has 0 fully saturated rings. The van der Waals surface area contributed by atoms with Crippen molar-refractivity contribution in [3.05, 3.63) is 30.6 Å². The monoisotopic (exact) mass is 196 g/mol. The van der Waals surface area contributed by atoms with Gasteiger partial charge < -0.3 is 32.1 Å². The predicted molar refractivity (Wildman–Crippen MR) is 21.8 cm³/mol. The summed E-state index contributed by atoms with van der Waals surface area (Å²) < 4.78 is 0. The molecule has 0 heterocycles. The summed E-state index contributed by atoms with van der Waals surface area (Å²) >= 11 is 0. The Morgan fingerprint density at radius 3 is 0.900 bits per heavy atom. The molecule has 10 heavy (non-hydrogen) atoms. The molecular weight excluding hydrogens is 196 g/mol. The summed E-state index contributed by atoms with van der Waals surface area (Å²) in [6, 6.07) is 0. The summed E-state index contributed by atoms with van der Waals surface area (Å²) in [5, 5.41) is 29.5. The van der Waals surface area contributed by atoms with Crippen molar-refractivity contribution in [1.29, 1.82) is 0 Å². The molecule has 0 unspecified atom stereocenters. The van der Waals surface area contributed by atoms with Crippen LogP contribution in [-0.4, -0.2) is 10.2 Å². The van der Waals surface area contributed by atoms with Crippen LogP contribution in [0, 0.1) is 30.6 Å². The summed E-state index contributed by atoms with van der Waals surface area (Å²) in [5.74, 6) is 0. The Morgan fingerprint density at radius 2 is 0.900 bits per heavy atom. The van der Waals surface area contributed by atoms with Gasteiger partial charge in [0.2, 0.25) is 0 Å². The Bertz CT molecular complexity index is 78.6. The molecule has 8 nitrogen and oxygen atoms in total. The van der Waals surface area contributed by atoms with E-state index >= 15 is 0 Å². The number of nitrogens with zero attached hydrogens (tertiary/aromatic N) is 2. The van der Waals surface area contributed by atoms with Crippen LogP contribution < -0.4 is 18.9 Å². The van der Waals surface area contributed by atoms with E-state index in [0.717, 1.165) is 0 Å². The third-order valence-corrected chi connectivity index (χ3v) is 0. The standard InChI is InChI=1S/Li.2NO3.Zn.H/c;2*2-1(3)4;;/q+1;2*-1;+2;-1. The fourth-order valence-electron chi connectivity index (χ4n) is 0. The summed E-state index contributed by atoms with van der Waals surface area (Å²) in [7, 11) is 0. The minimum Gasteiger partial charge on any atom is -1.00 e. The maximum absolute atomic E-state index is 8.25. The summed E-state index contributed by atoms with van der Waals surface area (Å²) in [6.45, 7) is 0. The molecular formula is HLiN2O6Zn. The normalized spacial score (nSPS) is 4.80. The van der Waals surface area contributed by atoms with Crippen molar-refractivity contribution in [3.63, 3.8) is 0 Å².